The van der Waals surface area contributed by atoms with E-state index in [0.29, 0.717) is 19.6 Å². The second-order valence-electron chi connectivity index (χ2n) is 4.52. The van der Waals surface area contributed by atoms with Gasteiger partial charge in [0.15, 0.2) is 22.5 Å². The van der Waals surface area contributed by atoms with Gasteiger partial charge in [0.1, 0.15) is 0 Å². The number of anilines is 2. The summed E-state index contributed by atoms with van der Waals surface area (Å²) in [7, 11) is 0. The van der Waals surface area contributed by atoms with E-state index in [-0.39, 0.29) is 22.5 Å². The molecule has 7 N–H and O–H groups in total. The van der Waals surface area contributed by atoms with Gasteiger partial charge >= 0.3 is 0 Å². The van der Waals surface area contributed by atoms with E-state index in [2.05, 4.69) is 27.1 Å². The van der Waals surface area contributed by atoms with Crippen LogP contribution in [0.15, 0.2) is 0 Å². The Morgan fingerprint density at radius 3 is 2.57 bits per heavy atom. The summed E-state index contributed by atoms with van der Waals surface area (Å²) in [6.07, 6.45) is 1.03. The lowest BCUT2D eigenvalue weighted by Crippen LogP contribution is -2.38. The molecule has 0 aliphatic carbocycles. The third-order valence-corrected chi connectivity index (χ3v) is 3.10. The number of rotatable bonds is 8. The molecule has 0 bridgehead atoms. The predicted molar refractivity (Wildman–Crippen MR) is 84.0 cm³/mol. The second kappa shape index (κ2) is 8.60. The van der Waals surface area contributed by atoms with Crippen LogP contribution in [-0.4, -0.2) is 53.5 Å². The van der Waals surface area contributed by atoms with E-state index in [9.17, 15) is 4.79 Å². The maximum absolute atomic E-state index is 12.0. The highest BCUT2D eigenvalue weighted by Gasteiger charge is 2.15. The van der Waals surface area contributed by atoms with Gasteiger partial charge in [-0.1, -0.05) is 18.5 Å². The zero-order valence-corrected chi connectivity index (χ0v) is 12.9. The maximum Gasteiger partial charge on any atom is 0.273 e. The second-order valence-corrected chi connectivity index (χ2v) is 4.88. The molecule has 0 aromatic carbocycles. The first-order valence-electron chi connectivity index (χ1n) is 6.78. The third kappa shape index (κ3) is 5.33. The molecule has 118 valence electrons. The minimum atomic E-state index is -0.425. The van der Waals surface area contributed by atoms with Gasteiger partial charge in [0.2, 0.25) is 0 Å². The van der Waals surface area contributed by atoms with E-state index in [1.54, 1.807) is 0 Å². The Labute approximate surface area is 129 Å². The van der Waals surface area contributed by atoms with Crippen molar-refractivity contribution >= 4 is 29.1 Å². The lowest BCUT2D eigenvalue weighted by Gasteiger charge is -2.20. The molecule has 8 nitrogen and oxygen atoms in total. The molecule has 0 aliphatic heterocycles. The van der Waals surface area contributed by atoms with Crippen LogP contribution in [0.4, 0.5) is 11.6 Å². The standard InChI is InChI=1S/C12H22ClN7O/c1-2-5-20(6-3-14)7-4-17-12(21)8-10(15)19-11(16)9(13)18-8/h2-7,14H2,1H3,(H,17,21)(H4,15,16,19). The largest absolute Gasteiger partial charge is 0.382 e. The summed E-state index contributed by atoms with van der Waals surface area (Å²) in [6, 6.07) is 0. The Bertz CT molecular complexity index is 477. The summed E-state index contributed by atoms with van der Waals surface area (Å²) in [5.74, 6) is -0.462. The van der Waals surface area contributed by atoms with E-state index >= 15 is 0 Å². The molecule has 0 saturated heterocycles. The lowest BCUT2D eigenvalue weighted by atomic mass is 10.3. The van der Waals surface area contributed by atoms with Crippen LogP contribution in [0.2, 0.25) is 5.15 Å². The molecule has 1 rings (SSSR count). The topological polar surface area (TPSA) is 136 Å². The molecule has 0 fully saturated rings. The van der Waals surface area contributed by atoms with Gasteiger partial charge in [-0.25, -0.2) is 9.97 Å². The van der Waals surface area contributed by atoms with Crippen LogP contribution in [0.3, 0.4) is 0 Å². The van der Waals surface area contributed by atoms with Gasteiger partial charge in [0, 0.05) is 26.2 Å². The lowest BCUT2D eigenvalue weighted by molar-refractivity contribution is 0.0944. The normalized spacial score (nSPS) is 10.9. The van der Waals surface area contributed by atoms with Crippen LogP contribution in [-0.2, 0) is 0 Å². The molecule has 0 spiro atoms. The van der Waals surface area contributed by atoms with Gasteiger partial charge in [0.25, 0.3) is 5.91 Å². The van der Waals surface area contributed by atoms with Crippen LogP contribution < -0.4 is 22.5 Å². The number of carbonyl (C=O) groups is 1. The average Bonchev–Trinajstić information content (AvgIpc) is 2.43. The molecule has 0 radical (unpaired) electrons. The summed E-state index contributed by atoms with van der Waals surface area (Å²) in [5, 5.41) is 2.69. The minimum absolute atomic E-state index is 0.00258. The van der Waals surface area contributed by atoms with Crippen molar-refractivity contribution in [1.82, 2.24) is 20.2 Å². The van der Waals surface area contributed by atoms with E-state index in [1.165, 1.54) is 0 Å². The molecule has 21 heavy (non-hydrogen) atoms. The zero-order chi connectivity index (χ0) is 15.8. The first kappa shape index (κ1) is 17.4. The summed E-state index contributed by atoms with van der Waals surface area (Å²) < 4.78 is 0. The van der Waals surface area contributed by atoms with Crippen molar-refractivity contribution in [3.05, 3.63) is 10.8 Å². The number of aromatic nitrogens is 2. The summed E-state index contributed by atoms with van der Waals surface area (Å²) in [5.41, 5.74) is 16.6. The molecular weight excluding hydrogens is 294 g/mol. The van der Waals surface area contributed by atoms with Crippen LogP contribution in [0.5, 0.6) is 0 Å². The van der Waals surface area contributed by atoms with Crippen molar-refractivity contribution in [3.63, 3.8) is 0 Å². The zero-order valence-electron chi connectivity index (χ0n) is 12.1. The number of nitrogens with zero attached hydrogens (tertiary/aromatic N) is 3. The van der Waals surface area contributed by atoms with Gasteiger partial charge < -0.3 is 27.4 Å². The van der Waals surface area contributed by atoms with Crippen LogP contribution >= 0.6 is 11.6 Å². The molecule has 0 atom stereocenters. The smallest absolute Gasteiger partial charge is 0.273 e. The summed E-state index contributed by atoms with van der Waals surface area (Å²) in [4.78, 5) is 21.8. The molecule has 9 heteroatoms. The maximum atomic E-state index is 12.0. The highest BCUT2D eigenvalue weighted by molar-refractivity contribution is 6.31. The molecule has 0 aliphatic rings. The number of hydrogen-bond donors (Lipinski definition) is 4. The van der Waals surface area contributed by atoms with Gasteiger partial charge in [-0.15, -0.1) is 0 Å². The number of amides is 1. The Morgan fingerprint density at radius 2 is 1.95 bits per heavy atom. The molecule has 1 aromatic heterocycles. The van der Waals surface area contributed by atoms with E-state index < -0.39 is 5.91 Å². The van der Waals surface area contributed by atoms with E-state index in [4.69, 9.17) is 28.8 Å². The quantitative estimate of drug-likeness (QED) is 0.516. The Kier molecular flexibility index (Phi) is 7.13. The fourth-order valence-electron chi connectivity index (χ4n) is 1.85. The number of hydrogen-bond acceptors (Lipinski definition) is 7. The number of nitrogens with one attached hydrogen (secondary N) is 1. The van der Waals surface area contributed by atoms with Crippen molar-refractivity contribution in [2.75, 3.05) is 44.2 Å². The molecule has 0 unspecified atom stereocenters. The van der Waals surface area contributed by atoms with Gasteiger partial charge in [-0.05, 0) is 13.0 Å². The highest BCUT2D eigenvalue weighted by atomic mass is 35.5. The van der Waals surface area contributed by atoms with Crippen molar-refractivity contribution in [3.8, 4) is 0 Å². The van der Waals surface area contributed by atoms with Crippen molar-refractivity contribution < 1.29 is 4.79 Å². The fourth-order valence-corrected chi connectivity index (χ4v) is 1.98. The van der Waals surface area contributed by atoms with Gasteiger partial charge in [-0.3, -0.25) is 4.79 Å². The Balaban J connectivity index is 2.56. The van der Waals surface area contributed by atoms with Crippen LogP contribution in [0, 0.1) is 0 Å². The number of nitrogen functional groups attached to an aromatic ring is 2. The first-order valence-corrected chi connectivity index (χ1v) is 7.16. The molecule has 1 amide bonds. The number of nitrogens with two attached hydrogens (primary N) is 3. The minimum Gasteiger partial charge on any atom is -0.382 e. The van der Waals surface area contributed by atoms with Crippen molar-refractivity contribution in [1.29, 1.82) is 0 Å². The summed E-state index contributed by atoms with van der Waals surface area (Å²) in [6.45, 7) is 5.56. The highest BCUT2D eigenvalue weighted by Crippen LogP contribution is 2.16. The van der Waals surface area contributed by atoms with E-state index in [0.717, 1.165) is 19.5 Å². The number of carbonyl (C=O) groups excluding carboxylic acids is 1. The summed E-state index contributed by atoms with van der Waals surface area (Å²) >= 11 is 5.74. The monoisotopic (exact) mass is 315 g/mol. The molecule has 0 saturated carbocycles. The Hall–Kier alpha value is -1.64. The Morgan fingerprint density at radius 1 is 1.24 bits per heavy atom. The van der Waals surface area contributed by atoms with Gasteiger partial charge in [0.05, 0.1) is 0 Å². The fraction of sp³-hybridized carbons (Fsp3) is 0.583. The first-order chi connectivity index (χ1) is 9.99. The van der Waals surface area contributed by atoms with E-state index in [1.807, 2.05) is 0 Å². The van der Waals surface area contributed by atoms with Crippen LogP contribution in [0.1, 0.15) is 23.8 Å². The van der Waals surface area contributed by atoms with Crippen molar-refractivity contribution in [2.45, 2.75) is 13.3 Å². The predicted octanol–water partition coefficient (Wildman–Crippen LogP) is -0.305. The molecule has 1 heterocycles. The number of halogens is 1. The molecular formula is C12H22ClN7O. The average molecular weight is 316 g/mol. The molecule has 1 aromatic rings. The van der Waals surface area contributed by atoms with Crippen molar-refractivity contribution in [2.24, 2.45) is 5.73 Å². The van der Waals surface area contributed by atoms with Gasteiger partial charge in [-0.2, -0.15) is 0 Å². The third-order valence-electron chi connectivity index (χ3n) is 2.82. The van der Waals surface area contributed by atoms with Crippen LogP contribution in [0.25, 0.3) is 0 Å². The SMILES string of the molecule is CCCN(CCN)CCNC(=O)c1nc(Cl)c(N)nc1N.